The van der Waals surface area contributed by atoms with E-state index >= 15 is 0 Å². The Labute approximate surface area is 60.6 Å². The van der Waals surface area contributed by atoms with Gasteiger partial charge in [0.25, 0.3) is 0 Å². The summed E-state index contributed by atoms with van der Waals surface area (Å²) < 4.78 is 1.04. The SMILES string of the molecule is Cc1cc(N)c(Br)s1. The van der Waals surface area contributed by atoms with Gasteiger partial charge >= 0.3 is 0 Å². The lowest BCUT2D eigenvalue weighted by Gasteiger charge is -1.78. The minimum atomic E-state index is 0.840. The van der Waals surface area contributed by atoms with Crippen molar-refractivity contribution in [2.24, 2.45) is 0 Å². The van der Waals surface area contributed by atoms with E-state index in [-0.39, 0.29) is 0 Å². The second kappa shape index (κ2) is 2.07. The summed E-state index contributed by atoms with van der Waals surface area (Å²) >= 11 is 4.97. The zero-order valence-electron chi connectivity index (χ0n) is 4.44. The minimum absolute atomic E-state index is 0.840. The van der Waals surface area contributed by atoms with E-state index in [1.165, 1.54) is 4.88 Å². The van der Waals surface area contributed by atoms with E-state index in [9.17, 15) is 0 Å². The van der Waals surface area contributed by atoms with E-state index in [0.717, 1.165) is 9.47 Å². The van der Waals surface area contributed by atoms with Crippen LogP contribution in [0.25, 0.3) is 0 Å². The first kappa shape index (κ1) is 6.11. The summed E-state index contributed by atoms with van der Waals surface area (Å²) in [5.74, 6) is 0. The Bertz CT molecular complexity index is 175. The fourth-order valence-corrected chi connectivity index (χ4v) is 2.03. The summed E-state index contributed by atoms with van der Waals surface area (Å²) in [6.45, 7) is 2.03. The van der Waals surface area contributed by atoms with Crippen LogP contribution in [-0.2, 0) is 0 Å². The van der Waals surface area contributed by atoms with Crippen LogP contribution < -0.4 is 5.73 Å². The lowest BCUT2D eigenvalue weighted by atomic mass is 10.5. The summed E-state index contributed by atoms with van der Waals surface area (Å²) in [5.41, 5.74) is 6.34. The molecule has 0 fully saturated rings. The molecule has 1 nitrogen and oxygen atoms in total. The standard InChI is InChI=1S/C5H6BrNS/c1-3-2-4(7)5(6)8-3/h2H,7H2,1H3. The van der Waals surface area contributed by atoms with Crippen molar-refractivity contribution >= 4 is 33.0 Å². The van der Waals surface area contributed by atoms with Gasteiger partial charge in [0.2, 0.25) is 0 Å². The highest BCUT2D eigenvalue weighted by atomic mass is 79.9. The maximum atomic E-state index is 5.50. The maximum absolute atomic E-state index is 5.50. The topological polar surface area (TPSA) is 26.0 Å². The highest BCUT2D eigenvalue weighted by molar-refractivity contribution is 9.11. The van der Waals surface area contributed by atoms with Crippen LogP contribution in [0.3, 0.4) is 0 Å². The number of thiophene rings is 1. The second-order valence-corrected chi connectivity index (χ2v) is 4.16. The monoisotopic (exact) mass is 191 g/mol. The Balaban J connectivity index is 3.14. The Hall–Kier alpha value is -0.0200. The summed E-state index contributed by atoms with van der Waals surface area (Å²) in [5, 5.41) is 0. The number of hydrogen-bond donors (Lipinski definition) is 1. The molecule has 2 N–H and O–H groups in total. The van der Waals surface area contributed by atoms with Crippen LogP contribution in [0, 0.1) is 6.92 Å². The first-order valence-electron chi connectivity index (χ1n) is 2.21. The Morgan fingerprint density at radius 1 is 1.75 bits per heavy atom. The zero-order chi connectivity index (χ0) is 6.15. The van der Waals surface area contributed by atoms with Gasteiger partial charge < -0.3 is 5.73 Å². The van der Waals surface area contributed by atoms with Crippen LogP contribution in [0.4, 0.5) is 5.69 Å². The molecule has 0 spiro atoms. The van der Waals surface area contributed by atoms with Gasteiger partial charge in [-0.25, -0.2) is 0 Å². The second-order valence-electron chi connectivity index (χ2n) is 1.59. The van der Waals surface area contributed by atoms with E-state index < -0.39 is 0 Å². The van der Waals surface area contributed by atoms with Crippen LogP contribution >= 0.6 is 27.3 Å². The molecule has 0 atom stereocenters. The summed E-state index contributed by atoms with van der Waals surface area (Å²) in [7, 11) is 0. The van der Waals surface area contributed by atoms with Crippen LogP contribution in [0.2, 0.25) is 0 Å². The van der Waals surface area contributed by atoms with Crippen molar-refractivity contribution < 1.29 is 0 Å². The Morgan fingerprint density at radius 3 is 2.50 bits per heavy atom. The van der Waals surface area contributed by atoms with Gasteiger partial charge in [0, 0.05) is 4.88 Å². The maximum Gasteiger partial charge on any atom is 0.0930 e. The van der Waals surface area contributed by atoms with E-state index in [4.69, 9.17) is 5.73 Å². The molecule has 0 amide bonds. The van der Waals surface area contributed by atoms with Gasteiger partial charge in [0.15, 0.2) is 0 Å². The molecule has 0 unspecified atom stereocenters. The predicted octanol–water partition coefficient (Wildman–Crippen LogP) is 2.40. The normalized spacial score (nSPS) is 9.75. The Morgan fingerprint density at radius 2 is 2.38 bits per heavy atom. The van der Waals surface area contributed by atoms with Crippen molar-refractivity contribution in [3.8, 4) is 0 Å². The zero-order valence-corrected chi connectivity index (χ0v) is 6.84. The summed E-state index contributed by atoms with van der Waals surface area (Å²) in [4.78, 5) is 1.24. The number of anilines is 1. The van der Waals surface area contributed by atoms with Crippen molar-refractivity contribution in [3.63, 3.8) is 0 Å². The summed E-state index contributed by atoms with van der Waals surface area (Å²) in [6, 6.07) is 1.95. The molecule has 0 saturated heterocycles. The molecule has 0 radical (unpaired) electrons. The lowest BCUT2D eigenvalue weighted by Crippen LogP contribution is -1.77. The van der Waals surface area contributed by atoms with Gasteiger partial charge in [-0.05, 0) is 28.9 Å². The molecule has 3 heteroatoms. The molecule has 1 rings (SSSR count). The highest BCUT2D eigenvalue weighted by Gasteiger charge is 1.96. The fraction of sp³-hybridized carbons (Fsp3) is 0.200. The third kappa shape index (κ3) is 1.03. The number of hydrogen-bond acceptors (Lipinski definition) is 2. The van der Waals surface area contributed by atoms with Gasteiger partial charge in [-0.2, -0.15) is 0 Å². The summed E-state index contributed by atoms with van der Waals surface area (Å²) in [6.07, 6.45) is 0. The van der Waals surface area contributed by atoms with E-state index in [0.29, 0.717) is 0 Å². The quantitative estimate of drug-likeness (QED) is 0.671. The van der Waals surface area contributed by atoms with Crippen LogP contribution in [0.15, 0.2) is 9.85 Å². The van der Waals surface area contributed by atoms with Crippen LogP contribution in [-0.4, -0.2) is 0 Å². The van der Waals surface area contributed by atoms with Gasteiger partial charge in [-0.15, -0.1) is 11.3 Å². The van der Waals surface area contributed by atoms with Gasteiger partial charge in [-0.1, -0.05) is 0 Å². The molecule has 1 aromatic heterocycles. The van der Waals surface area contributed by atoms with E-state index in [1.807, 2.05) is 13.0 Å². The molecule has 1 aromatic rings. The first-order chi connectivity index (χ1) is 3.70. The average molecular weight is 192 g/mol. The molecule has 44 valence electrons. The molecular weight excluding hydrogens is 186 g/mol. The molecule has 8 heavy (non-hydrogen) atoms. The molecule has 1 heterocycles. The highest BCUT2D eigenvalue weighted by Crippen LogP contribution is 2.28. The third-order valence-corrected chi connectivity index (χ3v) is 2.63. The molecular formula is C5H6BrNS. The number of nitrogens with two attached hydrogens (primary N) is 1. The smallest absolute Gasteiger partial charge is 0.0930 e. The van der Waals surface area contributed by atoms with Gasteiger partial charge in [-0.3, -0.25) is 0 Å². The molecule has 0 aliphatic heterocycles. The van der Waals surface area contributed by atoms with Crippen molar-refractivity contribution in [1.82, 2.24) is 0 Å². The first-order valence-corrected chi connectivity index (χ1v) is 3.82. The minimum Gasteiger partial charge on any atom is -0.397 e. The molecule has 0 aliphatic carbocycles. The number of rotatable bonds is 0. The van der Waals surface area contributed by atoms with Crippen molar-refractivity contribution in [2.45, 2.75) is 6.92 Å². The molecule has 0 saturated carbocycles. The fourth-order valence-electron chi connectivity index (χ4n) is 0.505. The average Bonchev–Trinajstić information content (AvgIpc) is 1.85. The number of aryl methyl sites for hydroxylation is 1. The van der Waals surface area contributed by atoms with Gasteiger partial charge in [0.05, 0.1) is 9.47 Å². The van der Waals surface area contributed by atoms with E-state index in [2.05, 4.69) is 15.9 Å². The van der Waals surface area contributed by atoms with Crippen LogP contribution in [0.5, 0.6) is 0 Å². The van der Waals surface area contributed by atoms with Gasteiger partial charge in [0.1, 0.15) is 0 Å². The van der Waals surface area contributed by atoms with Crippen molar-refractivity contribution in [3.05, 3.63) is 14.7 Å². The molecule has 0 aliphatic rings. The Kier molecular flexibility index (Phi) is 1.58. The lowest BCUT2D eigenvalue weighted by molar-refractivity contribution is 1.64. The largest absolute Gasteiger partial charge is 0.397 e. The third-order valence-electron chi connectivity index (χ3n) is 0.836. The van der Waals surface area contributed by atoms with Crippen LogP contribution in [0.1, 0.15) is 4.88 Å². The number of nitrogen functional groups attached to an aromatic ring is 1. The molecule has 0 bridgehead atoms. The predicted molar refractivity (Wildman–Crippen MR) is 41.2 cm³/mol. The number of halogens is 1. The van der Waals surface area contributed by atoms with Crippen molar-refractivity contribution in [1.29, 1.82) is 0 Å². The van der Waals surface area contributed by atoms with Crippen molar-refractivity contribution in [2.75, 3.05) is 5.73 Å². The van der Waals surface area contributed by atoms with E-state index in [1.54, 1.807) is 11.3 Å². The molecule has 0 aromatic carbocycles.